The Morgan fingerprint density at radius 3 is 2.83 bits per heavy atom. The zero-order valence-electron chi connectivity index (χ0n) is 14.1. The number of fused-ring (bicyclic) bond motifs is 3. The predicted molar refractivity (Wildman–Crippen MR) is 96.9 cm³/mol. The van der Waals surface area contributed by atoms with Gasteiger partial charge >= 0.3 is 0 Å². The lowest BCUT2D eigenvalue weighted by molar-refractivity contribution is -0.112. The molecule has 1 aromatic carbocycles. The van der Waals surface area contributed by atoms with Crippen molar-refractivity contribution in [2.75, 3.05) is 0 Å². The molecular formula is C20H25NOS. The first-order chi connectivity index (χ1) is 11.0. The Morgan fingerprint density at radius 1 is 1.30 bits per heavy atom. The van der Waals surface area contributed by atoms with Crippen LogP contribution in [0.1, 0.15) is 50.4 Å². The van der Waals surface area contributed by atoms with Crippen molar-refractivity contribution >= 4 is 27.3 Å². The Hall–Kier alpha value is -1.35. The van der Waals surface area contributed by atoms with Crippen LogP contribution in [0.3, 0.4) is 0 Å². The minimum atomic E-state index is 0.118. The number of hydrogen-bond donors (Lipinski definition) is 1. The van der Waals surface area contributed by atoms with E-state index >= 15 is 0 Å². The van der Waals surface area contributed by atoms with E-state index in [9.17, 15) is 4.79 Å². The van der Waals surface area contributed by atoms with Crippen LogP contribution in [-0.4, -0.2) is 11.9 Å². The number of carbonyl (C=O) groups is 1. The summed E-state index contributed by atoms with van der Waals surface area (Å²) in [5.41, 5.74) is 1.24. The second kappa shape index (κ2) is 5.34. The van der Waals surface area contributed by atoms with Gasteiger partial charge in [0.1, 0.15) is 0 Å². The zero-order chi connectivity index (χ0) is 16.2. The molecule has 23 heavy (non-hydrogen) atoms. The third kappa shape index (κ3) is 2.24. The minimum Gasteiger partial charge on any atom is -0.349 e. The average Bonchev–Trinajstić information content (AvgIpc) is 2.98. The van der Waals surface area contributed by atoms with E-state index in [2.05, 4.69) is 38.2 Å². The topological polar surface area (TPSA) is 29.1 Å². The first-order valence-electron chi connectivity index (χ1n) is 8.79. The predicted octanol–water partition coefficient (Wildman–Crippen LogP) is 5.09. The lowest BCUT2D eigenvalue weighted by Gasteiger charge is -2.62. The van der Waals surface area contributed by atoms with Gasteiger partial charge < -0.3 is 5.32 Å². The van der Waals surface area contributed by atoms with Gasteiger partial charge in [-0.25, -0.2) is 0 Å². The van der Waals surface area contributed by atoms with Crippen LogP contribution in [-0.2, 0) is 0 Å². The monoisotopic (exact) mass is 327 g/mol. The maximum absolute atomic E-state index is 12.9. The highest BCUT2D eigenvalue weighted by Gasteiger charge is 2.57. The number of amides is 1. The van der Waals surface area contributed by atoms with Gasteiger partial charge in [-0.05, 0) is 42.1 Å². The Labute approximate surface area is 142 Å². The van der Waals surface area contributed by atoms with Gasteiger partial charge in [0.15, 0.2) is 0 Å². The van der Waals surface area contributed by atoms with Gasteiger partial charge in [0.2, 0.25) is 0 Å². The van der Waals surface area contributed by atoms with Crippen LogP contribution in [0.4, 0.5) is 0 Å². The fourth-order valence-corrected chi connectivity index (χ4v) is 5.87. The molecule has 4 atom stereocenters. The highest BCUT2D eigenvalue weighted by atomic mass is 32.1. The van der Waals surface area contributed by atoms with Crippen LogP contribution >= 0.6 is 11.3 Å². The molecule has 0 unspecified atom stereocenters. The zero-order valence-corrected chi connectivity index (χ0v) is 15.0. The summed E-state index contributed by atoms with van der Waals surface area (Å²) in [7, 11) is 0. The Kier molecular flexibility index (Phi) is 3.53. The van der Waals surface area contributed by atoms with Gasteiger partial charge in [-0.3, -0.25) is 4.79 Å². The minimum absolute atomic E-state index is 0.118. The number of benzene rings is 1. The van der Waals surface area contributed by atoms with Crippen LogP contribution in [0.5, 0.6) is 0 Å². The summed E-state index contributed by atoms with van der Waals surface area (Å²) >= 11 is 1.66. The largest absolute Gasteiger partial charge is 0.349 e. The van der Waals surface area contributed by atoms with Crippen molar-refractivity contribution in [3.63, 3.8) is 0 Å². The highest BCUT2D eigenvalue weighted by Crippen LogP contribution is 2.61. The summed E-state index contributed by atoms with van der Waals surface area (Å²) in [6.45, 7) is 7.04. The smallest absolute Gasteiger partial charge is 0.252 e. The summed E-state index contributed by atoms with van der Waals surface area (Å²) < 4.78 is 1.19. The third-order valence-electron chi connectivity index (χ3n) is 6.62. The molecule has 3 heteroatoms. The van der Waals surface area contributed by atoms with Crippen LogP contribution < -0.4 is 5.32 Å². The molecule has 0 saturated heterocycles. The molecule has 3 fully saturated rings. The lowest BCUT2D eigenvalue weighted by atomic mass is 9.44. The van der Waals surface area contributed by atoms with Crippen LogP contribution in [0.2, 0.25) is 0 Å². The van der Waals surface area contributed by atoms with Gasteiger partial charge in [-0.1, -0.05) is 45.4 Å². The number of rotatable bonds is 3. The van der Waals surface area contributed by atoms with Gasteiger partial charge in [0.25, 0.3) is 5.91 Å². The van der Waals surface area contributed by atoms with E-state index in [1.165, 1.54) is 24.0 Å². The number of nitrogens with one attached hydrogen (secondary N) is 1. The Bertz CT molecular complexity index is 747. The maximum atomic E-state index is 12.9. The van der Waals surface area contributed by atoms with E-state index in [4.69, 9.17) is 0 Å². The van der Waals surface area contributed by atoms with Crippen LogP contribution in [0, 0.1) is 23.2 Å². The number of thiophene rings is 1. The molecule has 1 heterocycles. The molecular weight excluding hydrogens is 302 g/mol. The number of carbonyl (C=O) groups excluding carboxylic acids is 1. The Balaban J connectivity index is 1.60. The van der Waals surface area contributed by atoms with Crippen molar-refractivity contribution < 1.29 is 4.79 Å². The normalized spacial score (nSPS) is 31.6. The summed E-state index contributed by atoms with van der Waals surface area (Å²) in [6.07, 6.45) is 3.73. The summed E-state index contributed by atoms with van der Waals surface area (Å²) in [5, 5.41) is 6.53. The van der Waals surface area contributed by atoms with Crippen molar-refractivity contribution in [2.45, 2.75) is 46.1 Å². The molecule has 3 aliphatic rings. The molecule has 2 nitrogen and oxygen atoms in total. The van der Waals surface area contributed by atoms with Crippen LogP contribution in [0.15, 0.2) is 29.6 Å². The van der Waals surface area contributed by atoms with Crippen molar-refractivity contribution in [1.82, 2.24) is 5.32 Å². The van der Waals surface area contributed by atoms with E-state index < -0.39 is 0 Å². The molecule has 2 aromatic rings. The summed E-state index contributed by atoms with van der Waals surface area (Å²) in [5.74, 6) is 2.25. The van der Waals surface area contributed by atoms with E-state index in [0.29, 0.717) is 23.3 Å². The van der Waals surface area contributed by atoms with E-state index in [1.54, 1.807) is 11.3 Å². The van der Waals surface area contributed by atoms with Crippen molar-refractivity contribution in [2.24, 2.45) is 23.2 Å². The standard InChI is InChI=1S/C20H25NOS/c1-4-12-9-13-10-16(20(13,2)3)18(12)21-19(22)15-11-23-17-8-6-5-7-14(15)17/h5-8,11-13,16,18H,4,9-10H2,1-3H3,(H,21,22)/t12-,13-,16-,18+/m0/s1. The second-order valence-electron chi connectivity index (χ2n) is 7.91. The first-order valence-corrected chi connectivity index (χ1v) is 9.67. The quantitative estimate of drug-likeness (QED) is 0.835. The Morgan fingerprint density at radius 2 is 2.09 bits per heavy atom. The van der Waals surface area contributed by atoms with Gasteiger partial charge in [-0.2, -0.15) is 0 Å². The average molecular weight is 327 g/mol. The van der Waals surface area contributed by atoms with E-state index in [1.807, 2.05) is 17.5 Å². The molecule has 1 N–H and O–H groups in total. The molecule has 3 saturated carbocycles. The molecule has 0 radical (unpaired) electrons. The van der Waals surface area contributed by atoms with Gasteiger partial charge in [-0.15, -0.1) is 11.3 Å². The van der Waals surface area contributed by atoms with E-state index in [0.717, 1.165) is 16.9 Å². The number of hydrogen-bond acceptors (Lipinski definition) is 2. The molecule has 2 bridgehead atoms. The molecule has 3 aliphatic carbocycles. The molecule has 1 aromatic heterocycles. The van der Waals surface area contributed by atoms with Gasteiger partial charge in [0, 0.05) is 21.5 Å². The van der Waals surface area contributed by atoms with Crippen LogP contribution in [0.25, 0.3) is 10.1 Å². The second-order valence-corrected chi connectivity index (χ2v) is 8.82. The molecule has 5 rings (SSSR count). The third-order valence-corrected chi connectivity index (χ3v) is 7.59. The fraction of sp³-hybridized carbons (Fsp3) is 0.550. The molecule has 0 aliphatic heterocycles. The molecule has 122 valence electrons. The molecule has 1 amide bonds. The fourth-order valence-electron chi connectivity index (χ4n) is 4.93. The first kappa shape index (κ1) is 15.2. The van der Waals surface area contributed by atoms with Crippen molar-refractivity contribution in [1.29, 1.82) is 0 Å². The molecule has 0 spiro atoms. The van der Waals surface area contributed by atoms with Gasteiger partial charge in [0.05, 0.1) is 5.56 Å². The summed E-state index contributed by atoms with van der Waals surface area (Å²) in [6, 6.07) is 8.53. The van der Waals surface area contributed by atoms with E-state index in [-0.39, 0.29) is 5.91 Å². The summed E-state index contributed by atoms with van der Waals surface area (Å²) in [4.78, 5) is 12.9. The van der Waals surface area contributed by atoms with Crippen molar-refractivity contribution in [3.05, 3.63) is 35.2 Å². The lowest BCUT2D eigenvalue weighted by Crippen LogP contribution is -2.63. The maximum Gasteiger partial charge on any atom is 0.252 e. The van der Waals surface area contributed by atoms with Crippen molar-refractivity contribution in [3.8, 4) is 0 Å². The highest BCUT2D eigenvalue weighted by molar-refractivity contribution is 7.17. The SMILES string of the molecule is CC[C@H]1C[C@H]2C[C@@H]([C@@H]1NC(=O)c1csc3ccccc13)C2(C)C.